The minimum atomic E-state index is -1.25. The van der Waals surface area contributed by atoms with Gasteiger partial charge in [0.2, 0.25) is 5.75 Å². The van der Waals surface area contributed by atoms with Crippen LogP contribution in [0, 0.1) is 10.1 Å². The number of carboxylic acids is 1. The molecule has 0 saturated heterocycles. The van der Waals surface area contributed by atoms with Gasteiger partial charge in [-0.3, -0.25) is 10.1 Å². The van der Waals surface area contributed by atoms with E-state index >= 15 is 0 Å². The molecule has 1 rings (SSSR count). The van der Waals surface area contributed by atoms with Crippen LogP contribution in [0.2, 0.25) is 0 Å². The van der Waals surface area contributed by atoms with Crippen LogP contribution in [-0.2, 0) is 0 Å². The Morgan fingerprint density at radius 3 is 2.83 bits per heavy atom. The van der Waals surface area contributed by atoms with Gasteiger partial charge in [0.1, 0.15) is 5.56 Å². The number of aromatic carboxylic acids is 1. The van der Waals surface area contributed by atoms with E-state index in [1.54, 1.807) is 6.08 Å². The molecule has 6 heteroatoms. The first kappa shape index (κ1) is 13.7. The molecule has 1 aromatic carbocycles. The highest BCUT2D eigenvalue weighted by Gasteiger charge is 2.22. The van der Waals surface area contributed by atoms with E-state index in [-0.39, 0.29) is 23.6 Å². The number of nitrogens with zero attached hydrogens (tertiary/aromatic N) is 1. The summed E-state index contributed by atoms with van der Waals surface area (Å²) in [5.41, 5.74) is -0.545. The Labute approximate surface area is 104 Å². The number of para-hydroxylation sites is 1. The number of benzene rings is 1. The van der Waals surface area contributed by atoms with Crippen molar-refractivity contribution in [2.75, 3.05) is 6.61 Å². The maximum absolute atomic E-state index is 11.0. The van der Waals surface area contributed by atoms with E-state index in [1.807, 2.05) is 0 Å². The number of rotatable bonds is 7. The quantitative estimate of drug-likeness (QED) is 0.348. The Hall–Kier alpha value is -2.37. The van der Waals surface area contributed by atoms with Gasteiger partial charge in [0.15, 0.2) is 0 Å². The summed E-state index contributed by atoms with van der Waals surface area (Å²) in [6.07, 6.45) is 3.01. The predicted molar refractivity (Wildman–Crippen MR) is 65.0 cm³/mol. The molecule has 1 aromatic rings. The minimum Gasteiger partial charge on any atom is -0.486 e. The summed E-state index contributed by atoms with van der Waals surface area (Å²) in [5, 5.41) is 19.8. The molecular weight excluding hydrogens is 238 g/mol. The third kappa shape index (κ3) is 3.31. The van der Waals surface area contributed by atoms with Crippen molar-refractivity contribution in [3.63, 3.8) is 0 Å². The maximum atomic E-state index is 11.0. The van der Waals surface area contributed by atoms with E-state index in [4.69, 9.17) is 9.84 Å². The van der Waals surface area contributed by atoms with Crippen LogP contribution in [0.5, 0.6) is 5.75 Å². The monoisotopic (exact) mass is 251 g/mol. The third-order valence-electron chi connectivity index (χ3n) is 2.22. The smallest absolute Gasteiger partial charge is 0.339 e. The Kier molecular flexibility index (Phi) is 4.86. The summed E-state index contributed by atoms with van der Waals surface area (Å²) < 4.78 is 5.22. The highest BCUT2D eigenvalue weighted by atomic mass is 16.6. The van der Waals surface area contributed by atoms with Crippen molar-refractivity contribution < 1.29 is 19.6 Å². The fourth-order valence-electron chi connectivity index (χ4n) is 1.39. The summed E-state index contributed by atoms with van der Waals surface area (Å²) >= 11 is 0. The summed E-state index contributed by atoms with van der Waals surface area (Å²) in [6.45, 7) is 3.74. The molecule has 0 radical (unpaired) electrons. The number of unbranched alkanes of at least 4 members (excludes halogenated alkanes) is 1. The van der Waals surface area contributed by atoms with Gasteiger partial charge in [0.25, 0.3) is 0 Å². The summed E-state index contributed by atoms with van der Waals surface area (Å²) in [7, 11) is 0. The van der Waals surface area contributed by atoms with Crippen LogP contribution < -0.4 is 4.74 Å². The van der Waals surface area contributed by atoms with Gasteiger partial charge in [-0.05, 0) is 18.9 Å². The average Bonchev–Trinajstić information content (AvgIpc) is 2.34. The summed E-state index contributed by atoms with van der Waals surface area (Å²) in [5.74, 6) is -1.45. The maximum Gasteiger partial charge on any atom is 0.339 e. The van der Waals surface area contributed by atoms with Gasteiger partial charge in [-0.25, -0.2) is 4.79 Å². The second-order valence-electron chi connectivity index (χ2n) is 3.50. The van der Waals surface area contributed by atoms with Gasteiger partial charge >= 0.3 is 11.7 Å². The normalized spacial score (nSPS) is 9.78. The van der Waals surface area contributed by atoms with E-state index < -0.39 is 10.9 Å². The first-order chi connectivity index (χ1) is 8.57. The average molecular weight is 251 g/mol. The van der Waals surface area contributed by atoms with Crippen molar-refractivity contribution in [2.24, 2.45) is 0 Å². The van der Waals surface area contributed by atoms with E-state index in [0.717, 1.165) is 0 Å². The number of allylic oxidation sites excluding steroid dienone is 1. The molecule has 0 unspecified atom stereocenters. The SMILES string of the molecule is C=CCCCOc1c(C(=O)O)cccc1[N+](=O)[O-]. The Morgan fingerprint density at radius 1 is 1.56 bits per heavy atom. The number of nitro groups is 1. The fraction of sp³-hybridized carbons (Fsp3) is 0.250. The number of hydrogen-bond acceptors (Lipinski definition) is 4. The molecule has 0 aliphatic heterocycles. The van der Waals surface area contributed by atoms with Crippen molar-refractivity contribution in [3.05, 3.63) is 46.5 Å². The number of hydrogen-bond donors (Lipinski definition) is 1. The lowest BCUT2D eigenvalue weighted by molar-refractivity contribution is -0.385. The van der Waals surface area contributed by atoms with Gasteiger partial charge in [0.05, 0.1) is 11.5 Å². The zero-order valence-corrected chi connectivity index (χ0v) is 9.67. The number of ether oxygens (including phenoxy) is 1. The molecule has 0 amide bonds. The van der Waals surface area contributed by atoms with Crippen LogP contribution in [-0.4, -0.2) is 22.6 Å². The van der Waals surface area contributed by atoms with Crippen LogP contribution in [0.15, 0.2) is 30.9 Å². The van der Waals surface area contributed by atoms with Crippen molar-refractivity contribution in [3.8, 4) is 5.75 Å². The van der Waals surface area contributed by atoms with E-state index in [9.17, 15) is 14.9 Å². The first-order valence-electron chi connectivity index (χ1n) is 5.32. The summed E-state index contributed by atoms with van der Waals surface area (Å²) in [4.78, 5) is 21.1. The lowest BCUT2D eigenvalue weighted by Gasteiger charge is -2.08. The van der Waals surface area contributed by atoms with Crippen LogP contribution in [0.3, 0.4) is 0 Å². The molecule has 0 saturated carbocycles. The number of carbonyl (C=O) groups is 1. The first-order valence-corrected chi connectivity index (χ1v) is 5.32. The van der Waals surface area contributed by atoms with E-state index in [0.29, 0.717) is 12.8 Å². The Morgan fingerprint density at radius 2 is 2.28 bits per heavy atom. The fourth-order valence-corrected chi connectivity index (χ4v) is 1.39. The molecule has 0 bridgehead atoms. The van der Waals surface area contributed by atoms with E-state index in [2.05, 4.69) is 6.58 Å². The molecular formula is C12H13NO5. The Bertz CT molecular complexity index is 437. The second kappa shape index (κ2) is 6.39. The highest BCUT2D eigenvalue weighted by Crippen LogP contribution is 2.31. The molecule has 1 N–H and O–H groups in total. The highest BCUT2D eigenvalue weighted by molar-refractivity contribution is 5.92. The second-order valence-corrected chi connectivity index (χ2v) is 3.50. The van der Waals surface area contributed by atoms with Crippen molar-refractivity contribution in [1.29, 1.82) is 0 Å². The topological polar surface area (TPSA) is 89.7 Å². The van der Waals surface area contributed by atoms with Crippen LogP contribution >= 0.6 is 0 Å². The molecule has 18 heavy (non-hydrogen) atoms. The number of carboxylic acid groups (broad SMARTS) is 1. The van der Waals surface area contributed by atoms with Crippen LogP contribution in [0.4, 0.5) is 5.69 Å². The van der Waals surface area contributed by atoms with Crippen molar-refractivity contribution >= 4 is 11.7 Å². The minimum absolute atomic E-state index is 0.195. The van der Waals surface area contributed by atoms with Gasteiger partial charge < -0.3 is 9.84 Å². The molecule has 0 heterocycles. The Balaban J connectivity index is 2.99. The molecule has 96 valence electrons. The molecule has 6 nitrogen and oxygen atoms in total. The van der Waals surface area contributed by atoms with Crippen molar-refractivity contribution in [2.45, 2.75) is 12.8 Å². The van der Waals surface area contributed by atoms with Gasteiger partial charge in [-0.2, -0.15) is 0 Å². The van der Waals surface area contributed by atoms with Crippen molar-refractivity contribution in [1.82, 2.24) is 0 Å². The molecule has 0 aliphatic carbocycles. The lowest BCUT2D eigenvalue weighted by Crippen LogP contribution is -2.07. The van der Waals surface area contributed by atoms with Gasteiger partial charge in [0, 0.05) is 6.07 Å². The van der Waals surface area contributed by atoms with Crippen LogP contribution in [0.1, 0.15) is 23.2 Å². The lowest BCUT2D eigenvalue weighted by atomic mass is 10.1. The zero-order valence-electron chi connectivity index (χ0n) is 9.67. The zero-order chi connectivity index (χ0) is 13.5. The molecule has 0 spiro atoms. The number of nitro benzene ring substituents is 1. The third-order valence-corrected chi connectivity index (χ3v) is 2.22. The van der Waals surface area contributed by atoms with E-state index in [1.165, 1.54) is 18.2 Å². The van der Waals surface area contributed by atoms with Crippen LogP contribution in [0.25, 0.3) is 0 Å². The van der Waals surface area contributed by atoms with Gasteiger partial charge in [-0.1, -0.05) is 12.1 Å². The largest absolute Gasteiger partial charge is 0.486 e. The van der Waals surface area contributed by atoms with Gasteiger partial charge in [-0.15, -0.1) is 6.58 Å². The standard InChI is InChI=1S/C12H13NO5/c1-2-3-4-8-18-11-9(12(14)15)6-5-7-10(11)13(16)17/h2,5-7H,1,3-4,8H2,(H,14,15). The summed E-state index contributed by atoms with van der Waals surface area (Å²) in [6, 6.07) is 3.81. The predicted octanol–water partition coefficient (Wildman–Crippen LogP) is 2.64. The molecule has 0 atom stereocenters. The molecule has 0 aromatic heterocycles. The molecule has 0 fully saturated rings. The molecule has 0 aliphatic rings.